The van der Waals surface area contributed by atoms with Gasteiger partial charge in [-0.2, -0.15) is 0 Å². The zero-order valence-corrected chi connectivity index (χ0v) is 19.6. The summed E-state index contributed by atoms with van der Waals surface area (Å²) in [5, 5.41) is 0. The van der Waals surface area contributed by atoms with Gasteiger partial charge in [0.2, 0.25) is 11.8 Å². The fourth-order valence-electron chi connectivity index (χ4n) is 6.37. The average Bonchev–Trinajstić information content (AvgIpc) is 3.67. The minimum atomic E-state index is -0.385. The van der Waals surface area contributed by atoms with Crippen LogP contribution in [0.1, 0.15) is 34.1 Å². The highest BCUT2D eigenvalue weighted by Gasteiger charge is 2.67. The van der Waals surface area contributed by atoms with E-state index in [0.29, 0.717) is 34.4 Å². The van der Waals surface area contributed by atoms with Gasteiger partial charge in [0.05, 0.1) is 18.9 Å². The Morgan fingerprint density at radius 2 is 1.57 bits per heavy atom. The number of rotatable bonds is 6. The molecule has 0 aromatic heterocycles. The Morgan fingerprint density at radius 3 is 2.20 bits per heavy atom. The molecule has 0 radical (unpaired) electrons. The van der Waals surface area contributed by atoms with E-state index in [4.69, 9.17) is 4.74 Å². The van der Waals surface area contributed by atoms with Crippen LogP contribution in [0.25, 0.3) is 0 Å². The summed E-state index contributed by atoms with van der Waals surface area (Å²) in [5.41, 5.74) is 1.25. The lowest BCUT2D eigenvalue weighted by molar-refractivity contribution is -0.140. The molecule has 1 aliphatic heterocycles. The van der Waals surface area contributed by atoms with Gasteiger partial charge < -0.3 is 4.74 Å². The third-order valence-corrected chi connectivity index (χ3v) is 8.16. The molecule has 2 bridgehead atoms. The Kier molecular flexibility index (Phi) is 4.91. The number of methoxy groups -OCH3 is 1. The van der Waals surface area contributed by atoms with Crippen molar-refractivity contribution in [2.75, 3.05) is 18.7 Å². The number of ketones is 1. The molecule has 2 saturated carbocycles. The van der Waals surface area contributed by atoms with Crippen LogP contribution < -0.4 is 9.64 Å². The van der Waals surface area contributed by atoms with Gasteiger partial charge in [0.25, 0.3) is 5.91 Å². The number of benzene rings is 2. The number of hydrogen-bond acceptors (Lipinski definition) is 5. The number of anilines is 1. The highest BCUT2D eigenvalue weighted by Crippen LogP contribution is 2.65. The Morgan fingerprint density at radius 1 is 0.943 bits per heavy atom. The van der Waals surface area contributed by atoms with Gasteiger partial charge in [0, 0.05) is 16.8 Å². The first-order valence-corrected chi connectivity index (χ1v) is 12.0. The highest BCUT2D eigenvalue weighted by atomic mass is 16.5. The summed E-state index contributed by atoms with van der Waals surface area (Å²) in [4.78, 5) is 55.6. The molecule has 1 saturated heterocycles. The highest BCUT2D eigenvalue weighted by molar-refractivity contribution is 6.10. The van der Waals surface area contributed by atoms with Crippen LogP contribution in [-0.4, -0.2) is 42.2 Å². The second-order valence-electron chi connectivity index (χ2n) is 9.97. The predicted octanol–water partition coefficient (Wildman–Crippen LogP) is 3.56. The van der Waals surface area contributed by atoms with Crippen LogP contribution in [0.5, 0.6) is 5.75 Å². The van der Waals surface area contributed by atoms with Crippen LogP contribution in [0.15, 0.2) is 60.7 Å². The van der Waals surface area contributed by atoms with E-state index in [1.807, 2.05) is 0 Å². The number of carbonyl (C=O) groups is 4. The van der Waals surface area contributed by atoms with Crippen LogP contribution in [0.3, 0.4) is 0 Å². The number of allylic oxidation sites excluding steroid dienone is 2. The summed E-state index contributed by atoms with van der Waals surface area (Å²) in [6, 6.07) is 13.4. The molecule has 35 heavy (non-hydrogen) atoms. The maximum Gasteiger partial charge on any atom is 0.259 e. The molecule has 0 spiro atoms. The maximum atomic E-state index is 13.7. The predicted molar refractivity (Wildman–Crippen MR) is 128 cm³/mol. The summed E-state index contributed by atoms with van der Waals surface area (Å²) < 4.78 is 5.28. The number of imide groups is 1. The van der Waals surface area contributed by atoms with Crippen molar-refractivity contribution in [3.8, 4) is 5.75 Å². The summed E-state index contributed by atoms with van der Waals surface area (Å²) in [5.74, 6) is 0.166. The normalized spacial score (nSPS) is 29.6. The van der Waals surface area contributed by atoms with E-state index in [-0.39, 0.29) is 53.8 Å². The summed E-state index contributed by atoms with van der Waals surface area (Å²) in [6.07, 6.45) is 5.35. The lowest BCUT2D eigenvalue weighted by atomic mass is 9.63. The van der Waals surface area contributed by atoms with E-state index in [2.05, 4.69) is 12.2 Å². The number of amides is 3. The van der Waals surface area contributed by atoms with E-state index >= 15 is 0 Å². The third kappa shape index (κ3) is 3.32. The third-order valence-electron chi connectivity index (χ3n) is 8.16. The molecule has 2 aromatic carbocycles. The summed E-state index contributed by atoms with van der Waals surface area (Å²) in [7, 11) is 1.52. The fraction of sp³-hybridized carbons (Fsp3) is 0.357. The molecule has 1 heterocycles. The quantitative estimate of drug-likeness (QED) is 0.366. The summed E-state index contributed by atoms with van der Waals surface area (Å²) in [6.45, 7) is 1.26. The molecule has 7 heteroatoms. The number of Topliss-reactive ketones (excluding diaryl/α,β-unsaturated/α-hetero) is 1. The molecule has 7 nitrogen and oxygen atoms in total. The smallest absolute Gasteiger partial charge is 0.259 e. The standard InChI is InChI=1S/C28H26N2O5/c1-15(31)16-5-3-7-18(11-16)29(26(32)17-6-4-8-19(12-17)35-2)14-30-27(33)24-20-9-10-21(23-13-22(20)23)25(24)28(30)34/h3-12,20-25H,13-14H2,1-2H3. The Hall–Kier alpha value is -3.74. The topological polar surface area (TPSA) is 84.0 Å². The maximum absolute atomic E-state index is 13.7. The fourth-order valence-corrected chi connectivity index (χ4v) is 6.37. The zero-order chi connectivity index (χ0) is 24.4. The first kappa shape index (κ1) is 21.8. The Labute approximate surface area is 203 Å². The molecule has 0 N–H and O–H groups in total. The number of hydrogen-bond donors (Lipinski definition) is 0. The Bertz CT molecular complexity index is 1260. The first-order chi connectivity index (χ1) is 16.9. The van der Waals surface area contributed by atoms with Crippen LogP contribution in [-0.2, 0) is 9.59 Å². The van der Waals surface area contributed by atoms with Gasteiger partial charge in [0.1, 0.15) is 12.4 Å². The van der Waals surface area contributed by atoms with Crippen LogP contribution >= 0.6 is 0 Å². The van der Waals surface area contributed by atoms with Crippen molar-refractivity contribution in [2.45, 2.75) is 13.3 Å². The van der Waals surface area contributed by atoms with Gasteiger partial charge in [-0.15, -0.1) is 0 Å². The molecule has 6 atom stereocenters. The lowest BCUT2D eigenvalue weighted by Gasteiger charge is -2.37. The van der Waals surface area contributed by atoms with Gasteiger partial charge in [-0.05, 0) is 67.3 Å². The van der Waals surface area contributed by atoms with E-state index in [0.717, 1.165) is 6.42 Å². The van der Waals surface area contributed by atoms with Gasteiger partial charge in [0.15, 0.2) is 5.78 Å². The van der Waals surface area contributed by atoms with Crippen molar-refractivity contribution in [1.29, 1.82) is 0 Å². The molecule has 3 fully saturated rings. The minimum absolute atomic E-state index is 0.111. The Balaban J connectivity index is 1.36. The molecule has 2 aromatic rings. The van der Waals surface area contributed by atoms with Crippen molar-refractivity contribution in [3.63, 3.8) is 0 Å². The summed E-state index contributed by atoms with van der Waals surface area (Å²) >= 11 is 0. The molecule has 6 unspecified atom stereocenters. The molecule has 4 aliphatic carbocycles. The van der Waals surface area contributed by atoms with Crippen molar-refractivity contribution in [2.24, 2.45) is 35.5 Å². The number of ether oxygens (including phenoxy) is 1. The van der Waals surface area contributed by atoms with E-state index < -0.39 is 0 Å². The molecule has 7 rings (SSSR count). The number of carbonyl (C=O) groups excluding carboxylic acids is 4. The van der Waals surface area contributed by atoms with Gasteiger partial charge in [-0.1, -0.05) is 30.4 Å². The molecular formula is C28H26N2O5. The number of likely N-dealkylation sites (tertiary alicyclic amines) is 1. The second-order valence-corrected chi connectivity index (χ2v) is 9.97. The molecule has 3 amide bonds. The largest absolute Gasteiger partial charge is 0.497 e. The van der Waals surface area contributed by atoms with Crippen molar-refractivity contribution in [3.05, 3.63) is 71.8 Å². The van der Waals surface area contributed by atoms with E-state index in [1.54, 1.807) is 48.5 Å². The first-order valence-electron chi connectivity index (χ1n) is 12.0. The van der Waals surface area contributed by atoms with Crippen LogP contribution in [0, 0.1) is 35.5 Å². The van der Waals surface area contributed by atoms with Gasteiger partial charge in [-0.3, -0.25) is 29.0 Å². The second kappa shape index (κ2) is 7.90. The molecular weight excluding hydrogens is 444 g/mol. The monoisotopic (exact) mass is 470 g/mol. The van der Waals surface area contributed by atoms with Gasteiger partial charge >= 0.3 is 0 Å². The van der Waals surface area contributed by atoms with E-state index in [9.17, 15) is 19.2 Å². The van der Waals surface area contributed by atoms with Crippen molar-refractivity contribution in [1.82, 2.24) is 4.90 Å². The average molecular weight is 471 g/mol. The van der Waals surface area contributed by atoms with Gasteiger partial charge in [-0.25, -0.2) is 0 Å². The van der Waals surface area contributed by atoms with Crippen molar-refractivity contribution >= 4 is 29.2 Å². The van der Waals surface area contributed by atoms with Crippen LogP contribution in [0.4, 0.5) is 5.69 Å². The zero-order valence-electron chi connectivity index (χ0n) is 19.6. The molecule has 178 valence electrons. The SMILES string of the molecule is COc1cccc(C(=O)N(CN2C(=O)C3C4C=CC(C5CC45)C3C2=O)c2cccc(C(C)=O)c2)c1. The number of nitrogens with zero attached hydrogens (tertiary/aromatic N) is 2. The minimum Gasteiger partial charge on any atom is -0.497 e. The molecule has 5 aliphatic rings. The van der Waals surface area contributed by atoms with Crippen molar-refractivity contribution < 1.29 is 23.9 Å². The van der Waals surface area contributed by atoms with E-state index in [1.165, 1.54) is 23.8 Å². The lowest BCUT2D eigenvalue weighted by Crippen LogP contribution is -2.45. The van der Waals surface area contributed by atoms with Crippen LogP contribution in [0.2, 0.25) is 0 Å².